The third kappa shape index (κ3) is 4.81. The Labute approximate surface area is 236 Å². The summed E-state index contributed by atoms with van der Waals surface area (Å²) in [4.78, 5) is 47.3. The molecular formula is C30H40ClN3O5. The lowest BCUT2D eigenvalue weighted by atomic mass is 9.70. The third-order valence-electron chi connectivity index (χ3n) is 8.42. The summed E-state index contributed by atoms with van der Waals surface area (Å²) >= 11 is 6.61. The summed E-state index contributed by atoms with van der Waals surface area (Å²) in [5.74, 6) is -2.21. The molecule has 3 heterocycles. The summed E-state index contributed by atoms with van der Waals surface area (Å²) in [6, 6.07) is 3.80. The first-order valence-electron chi connectivity index (χ1n) is 13.7. The average Bonchev–Trinajstić information content (AvgIpc) is 3.53. The van der Waals surface area contributed by atoms with E-state index in [1.165, 1.54) is 4.90 Å². The molecule has 8 nitrogen and oxygen atoms in total. The molecule has 3 amide bonds. The number of likely N-dealkylation sites (N-methyl/N-ethyl adjacent to an activating group) is 1. The number of rotatable bonds is 11. The van der Waals surface area contributed by atoms with E-state index in [0.717, 1.165) is 5.56 Å². The Hall–Kier alpha value is -2.68. The number of likely N-dealkylation sites (tertiary alicyclic amines) is 1. The fourth-order valence-electron chi connectivity index (χ4n) is 6.94. The molecule has 0 aliphatic carbocycles. The van der Waals surface area contributed by atoms with Crippen molar-refractivity contribution < 1.29 is 24.2 Å². The van der Waals surface area contributed by atoms with Crippen LogP contribution in [0.5, 0.6) is 0 Å². The molecule has 2 bridgehead atoms. The Morgan fingerprint density at radius 1 is 1.26 bits per heavy atom. The average molecular weight is 558 g/mol. The molecule has 1 aromatic rings. The maximum atomic E-state index is 14.7. The molecular weight excluding hydrogens is 518 g/mol. The number of aliphatic hydroxyl groups excluding tert-OH is 1. The van der Waals surface area contributed by atoms with Gasteiger partial charge in [-0.05, 0) is 43.7 Å². The zero-order chi connectivity index (χ0) is 28.6. The predicted molar refractivity (Wildman–Crippen MR) is 151 cm³/mol. The van der Waals surface area contributed by atoms with Gasteiger partial charge in [0.1, 0.15) is 11.6 Å². The summed E-state index contributed by atoms with van der Waals surface area (Å²) in [6.07, 6.45) is 4.35. The molecule has 3 saturated heterocycles. The number of anilines is 1. The Bertz CT molecular complexity index is 1140. The van der Waals surface area contributed by atoms with Gasteiger partial charge in [0.15, 0.2) is 0 Å². The molecule has 2 unspecified atom stereocenters. The molecule has 6 atom stereocenters. The molecule has 1 spiro atoms. The smallest absolute Gasteiger partial charge is 0.253 e. The van der Waals surface area contributed by atoms with Crippen molar-refractivity contribution in [2.45, 2.75) is 63.8 Å². The molecule has 0 aromatic heterocycles. The Balaban J connectivity index is 1.86. The van der Waals surface area contributed by atoms with Gasteiger partial charge in [0.25, 0.3) is 5.91 Å². The van der Waals surface area contributed by atoms with Crippen LogP contribution in [0.4, 0.5) is 5.69 Å². The quantitative estimate of drug-likeness (QED) is 0.420. The molecule has 0 saturated carbocycles. The Morgan fingerprint density at radius 3 is 2.54 bits per heavy atom. The molecule has 1 N–H and O–H groups in total. The van der Waals surface area contributed by atoms with Crippen LogP contribution in [-0.2, 0) is 19.1 Å². The number of hydrogen-bond acceptors (Lipinski definition) is 5. The topological polar surface area (TPSA) is 90.4 Å². The summed E-state index contributed by atoms with van der Waals surface area (Å²) in [6.45, 7) is 13.7. The SMILES string of the molecule is C=CCN(C)C(=O)[C@@H]1[C@H]2C(=O)N([C@@H](CO)CC(C)C)C(C(=O)N(CC=C)c3c(C)cccc3Cl)C23CC[C@H]1O3. The number of para-hydroxylation sites is 1. The normalized spacial score (nSPS) is 28.0. The fourth-order valence-corrected chi connectivity index (χ4v) is 7.26. The van der Waals surface area contributed by atoms with E-state index in [9.17, 15) is 19.5 Å². The largest absolute Gasteiger partial charge is 0.394 e. The van der Waals surface area contributed by atoms with Crippen LogP contribution in [0.3, 0.4) is 0 Å². The summed E-state index contributed by atoms with van der Waals surface area (Å²) < 4.78 is 6.58. The highest BCUT2D eigenvalue weighted by atomic mass is 35.5. The van der Waals surface area contributed by atoms with Gasteiger partial charge in [0, 0.05) is 20.1 Å². The van der Waals surface area contributed by atoms with Crippen molar-refractivity contribution in [2.24, 2.45) is 17.8 Å². The number of aliphatic hydroxyl groups is 1. The second-order valence-electron chi connectivity index (χ2n) is 11.4. The van der Waals surface area contributed by atoms with Crippen LogP contribution in [-0.4, -0.2) is 83.2 Å². The van der Waals surface area contributed by atoms with Crippen LogP contribution in [0.25, 0.3) is 0 Å². The second-order valence-corrected chi connectivity index (χ2v) is 11.8. The van der Waals surface area contributed by atoms with Crippen molar-refractivity contribution in [3.63, 3.8) is 0 Å². The van der Waals surface area contributed by atoms with Crippen molar-refractivity contribution >= 4 is 35.0 Å². The van der Waals surface area contributed by atoms with E-state index in [1.807, 2.05) is 32.9 Å². The lowest BCUT2D eigenvalue weighted by molar-refractivity contribution is -0.147. The minimum Gasteiger partial charge on any atom is -0.394 e. The number of halogens is 1. The van der Waals surface area contributed by atoms with Gasteiger partial charge in [-0.2, -0.15) is 0 Å². The number of amides is 3. The standard InChI is InChI=1S/C30H40ClN3O5/c1-7-14-32(6)27(36)23-22-12-13-30(39-22)24(23)28(37)34(20(17-35)16-18(3)4)26(30)29(38)33(15-8-2)25-19(5)10-9-11-21(25)31/h7-11,18,20,22-24,26,35H,1-2,12-17H2,3-6H3/t20-,22-,23+,24+,26?,30?/m1/s1. The van der Waals surface area contributed by atoms with E-state index < -0.39 is 35.6 Å². The third-order valence-corrected chi connectivity index (χ3v) is 8.73. The first kappa shape index (κ1) is 29.3. The number of ether oxygens (including phenoxy) is 1. The van der Waals surface area contributed by atoms with Crippen molar-refractivity contribution in [1.29, 1.82) is 0 Å². The van der Waals surface area contributed by atoms with E-state index in [2.05, 4.69) is 13.2 Å². The van der Waals surface area contributed by atoms with Crippen LogP contribution < -0.4 is 4.90 Å². The summed E-state index contributed by atoms with van der Waals surface area (Å²) in [5.41, 5.74) is 0.179. The van der Waals surface area contributed by atoms with Gasteiger partial charge in [-0.15, -0.1) is 13.2 Å². The lowest BCUT2D eigenvalue weighted by Crippen LogP contribution is -2.59. The van der Waals surface area contributed by atoms with E-state index >= 15 is 0 Å². The van der Waals surface area contributed by atoms with Crippen LogP contribution in [0.1, 0.15) is 38.7 Å². The molecule has 3 aliphatic rings. The van der Waals surface area contributed by atoms with E-state index in [-0.39, 0.29) is 36.8 Å². The molecule has 3 aliphatic heterocycles. The number of carbonyl (C=O) groups excluding carboxylic acids is 3. The van der Waals surface area contributed by atoms with E-state index in [1.54, 1.807) is 35.1 Å². The molecule has 9 heteroatoms. The maximum absolute atomic E-state index is 14.7. The highest BCUT2D eigenvalue weighted by molar-refractivity contribution is 6.34. The molecule has 3 fully saturated rings. The summed E-state index contributed by atoms with van der Waals surface area (Å²) in [5, 5.41) is 10.9. The highest BCUT2D eigenvalue weighted by Gasteiger charge is 2.75. The van der Waals surface area contributed by atoms with Gasteiger partial charge in [-0.3, -0.25) is 14.4 Å². The van der Waals surface area contributed by atoms with Crippen LogP contribution in [0.2, 0.25) is 5.02 Å². The summed E-state index contributed by atoms with van der Waals surface area (Å²) in [7, 11) is 1.68. The number of carbonyl (C=O) groups is 3. The number of benzene rings is 1. The molecule has 39 heavy (non-hydrogen) atoms. The van der Waals surface area contributed by atoms with Crippen molar-refractivity contribution in [3.05, 3.63) is 54.1 Å². The van der Waals surface area contributed by atoms with Crippen LogP contribution in [0, 0.1) is 24.7 Å². The van der Waals surface area contributed by atoms with Gasteiger partial charge in [0.2, 0.25) is 11.8 Å². The number of hydrogen-bond donors (Lipinski definition) is 1. The van der Waals surface area contributed by atoms with Crippen molar-refractivity contribution in [2.75, 3.05) is 31.6 Å². The first-order chi connectivity index (χ1) is 18.5. The highest BCUT2D eigenvalue weighted by Crippen LogP contribution is 2.59. The van der Waals surface area contributed by atoms with Crippen molar-refractivity contribution in [3.8, 4) is 0 Å². The zero-order valence-electron chi connectivity index (χ0n) is 23.3. The molecule has 1 aromatic carbocycles. The molecule has 4 rings (SSSR count). The monoisotopic (exact) mass is 557 g/mol. The molecule has 0 radical (unpaired) electrons. The van der Waals surface area contributed by atoms with E-state index in [0.29, 0.717) is 36.5 Å². The minimum absolute atomic E-state index is 0.159. The van der Waals surface area contributed by atoms with Crippen molar-refractivity contribution in [1.82, 2.24) is 9.80 Å². The number of aryl methyl sites for hydroxylation is 1. The van der Waals surface area contributed by atoms with Gasteiger partial charge >= 0.3 is 0 Å². The fraction of sp³-hybridized carbons (Fsp3) is 0.567. The first-order valence-corrected chi connectivity index (χ1v) is 14.1. The van der Waals surface area contributed by atoms with Gasteiger partial charge in [0.05, 0.1) is 41.3 Å². The minimum atomic E-state index is -1.17. The van der Waals surface area contributed by atoms with Crippen LogP contribution >= 0.6 is 11.6 Å². The molecule has 212 valence electrons. The van der Waals surface area contributed by atoms with E-state index in [4.69, 9.17) is 16.3 Å². The predicted octanol–water partition coefficient (Wildman–Crippen LogP) is 3.59. The lowest BCUT2D eigenvalue weighted by Gasteiger charge is -2.40. The Morgan fingerprint density at radius 2 is 1.95 bits per heavy atom. The second kappa shape index (κ2) is 11.4. The zero-order valence-corrected chi connectivity index (χ0v) is 24.1. The number of fused-ring (bicyclic) bond motifs is 1. The van der Waals surface area contributed by atoms with Gasteiger partial charge < -0.3 is 24.5 Å². The number of nitrogens with zero attached hydrogens (tertiary/aromatic N) is 3. The van der Waals surface area contributed by atoms with Gasteiger partial charge in [-0.1, -0.05) is 49.7 Å². The Kier molecular flexibility index (Phi) is 8.59. The van der Waals surface area contributed by atoms with Crippen LogP contribution in [0.15, 0.2) is 43.5 Å². The van der Waals surface area contributed by atoms with Gasteiger partial charge in [-0.25, -0.2) is 0 Å². The maximum Gasteiger partial charge on any atom is 0.253 e.